The molecule has 0 fully saturated rings. The van der Waals surface area contributed by atoms with E-state index in [1.54, 1.807) is 48.5 Å². The standard InChI is InChI=1S/C24H16As2N2O5S/c27-13-16-9-10-19(18(11-16)24(30)31)25-23(29)21-12-17-7-4-8-20(22(17)28-21)26-34(32,33)14-15-5-2-1-3-6-15/h1-12,28H,14H2,(H,30,31). The molecule has 0 unspecified atom stereocenters. The number of para-hydroxylation sites is 1. The van der Waals surface area contributed by atoms with E-state index < -0.39 is 44.4 Å². The van der Waals surface area contributed by atoms with Crippen LogP contribution in [0.25, 0.3) is 10.9 Å². The number of carbonyl (C=O) groups is 2. The van der Waals surface area contributed by atoms with Gasteiger partial charge in [0.1, 0.15) is 0 Å². The monoisotopic (exact) mass is 594 g/mol. The zero-order chi connectivity index (χ0) is 24.3. The number of aromatic amines is 1. The first-order chi connectivity index (χ1) is 16.3. The summed E-state index contributed by atoms with van der Waals surface area (Å²) in [7, 11) is -3.36. The fraction of sp³-hybridized carbons (Fsp3) is 0.0417. The van der Waals surface area contributed by atoms with E-state index in [4.69, 9.17) is 5.26 Å². The molecule has 10 heteroatoms. The molecule has 1 aromatic heterocycles. The molecule has 0 bridgehead atoms. The van der Waals surface area contributed by atoms with Crippen LogP contribution in [0.15, 0.2) is 72.8 Å². The summed E-state index contributed by atoms with van der Waals surface area (Å²) < 4.78 is 26.5. The molecule has 3 aromatic carbocycles. The van der Waals surface area contributed by atoms with Crippen molar-refractivity contribution < 1.29 is 23.1 Å². The van der Waals surface area contributed by atoms with Crippen LogP contribution in [0.1, 0.15) is 32.0 Å². The van der Waals surface area contributed by atoms with E-state index in [9.17, 15) is 23.1 Å². The zero-order valence-corrected chi connectivity index (χ0v) is 22.0. The predicted octanol–water partition coefficient (Wildman–Crippen LogP) is 1.77. The number of benzene rings is 3. The second-order valence-electron chi connectivity index (χ2n) is 7.29. The van der Waals surface area contributed by atoms with Gasteiger partial charge in [-0.05, 0) is 0 Å². The Hall–Kier alpha value is -3.10. The Morgan fingerprint density at radius 3 is 2.44 bits per heavy atom. The number of nitrogens with one attached hydrogen (secondary N) is 1. The molecule has 2 N–H and O–H groups in total. The average Bonchev–Trinajstić information content (AvgIpc) is 3.25. The Morgan fingerprint density at radius 1 is 0.971 bits per heavy atom. The van der Waals surface area contributed by atoms with Gasteiger partial charge in [0.05, 0.1) is 0 Å². The molecular formula is C24H16As2N2O5S. The molecule has 2 radical (unpaired) electrons. The number of nitrogens with zero attached hydrogens (tertiary/aromatic N) is 1. The number of fused-ring (bicyclic) bond motifs is 1. The van der Waals surface area contributed by atoms with E-state index in [0.717, 1.165) is 10.9 Å². The molecule has 0 amide bonds. The van der Waals surface area contributed by atoms with Crippen LogP contribution >= 0.6 is 0 Å². The SMILES string of the molecule is N#Cc1ccc([As]C(=O)c2cc3cccc([As]S(=O)(=O)Cc4ccccc4)c3[nH]2)c(C(=O)O)c1. The molecule has 7 nitrogen and oxygen atoms in total. The van der Waals surface area contributed by atoms with Gasteiger partial charge in [-0.25, -0.2) is 0 Å². The normalized spacial score (nSPS) is 12.0. The van der Waals surface area contributed by atoms with Crippen molar-refractivity contribution in [3.8, 4) is 6.07 Å². The molecule has 4 rings (SSSR count). The van der Waals surface area contributed by atoms with E-state index >= 15 is 0 Å². The van der Waals surface area contributed by atoms with Crippen LogP contribution in [0.5, 0.6) is 0 Å². The van der Waals surface area contributed by atoms with Crippen molar-refractivity contribution in [1.82, 2.24) is 4.98 Å². The molecule has 0 atom stereocenters. The molecule has 0 saturated heterocycles. The van der Waals surface area contributed by atoms with Gasteiger partial charge in [0.15, 0.2) is 0 Å². The zero-order valence-electron chi connectivity index (χ0n) is 17.5. The third-order valence-corrected chi connectivity index (χ3v) is 12.9. The number of H-pyrrole nitrogens is 1. The van der Waals surface area contributed by atoms with Crippen LogP contribution in [0.2, 0.25) is 0 Å². The van der Waals surface area contributed by atoms with Crippen molar-refractivity contribution in [1.29, 1.82) is 5.26 Å². The molecule has 0 saturated carbocycles. The minimum absolute atomic E-state index is 0.0436. The summed E-state index contributed by atoms with van der Waals surface area (Å²) in [5, 5.41) is 19.2. The van der Waals surface area contributed by atoms with E-state index in [1.807, 2.05) is 12.1 Å². The average molecular weight is 594 g/mol. The molecule has 0 aliphatic rings. The summed E-state index contributed by atoms with van der Waals surface area (Å²) in [5.41, 5.74) is 1.81. The van der Waals surface area contributed by atoms with Gasteiger partial charge in [0, 0.05) is 0 Å². The summed E-state index contributed by atoms with van der Waals surface area (Å²) in [5.74, 6) is -1.24. The fourth-order valence-corrected chi connectivity index (χ4v) is 11.1. The van der Waals surface area contributed by atoms with Crippen LogP contribution in [-0.2, 0) is 13.9 Å². The molecule has 1 heterocycles. The van der Waals surface area contributed by atoms with Gasteiger partial charge in [0.25, 0.3) is 0 Å². The Morgan fingerprint density at radius 2 is 1.74 bits per heavy atom. The van der Waals surface area contributed by atoms with Gasteiger partial charge in [-0.15, -0.1) is 0 Å². The Balaban J connectivity index is 1.60. The van der Waals surface area contributed by atoms with Crippen molar-refractivity contribution in [3.05, 3.63) is 95.2 Å². The summed E-state index contributed by atoms with van der Waals surface area (Å²) in [6, 6.07) is 22.2. The summed E-state index contributed by atoms with van der Waals surface area (Å²) in [6.07, 6.45) is 0. The number of aromatic nitrogens is 1. The second kappa shape index (κ2) is 10.0. The molecule has 0 spiro atoms. The molecule has 4 aromatic rings. The Kier molecular flexibility index (Phi) is 7.09. The summed E-state index contributed by atoms with van der Waals surface area (Å²) >= 11 is -2.41. The van der Waals surface area contributed by atoms with Gasteiger partial charge in [-0.2, -0.15) is 0 Å². The molecular weight excluding hydrogens is 578 g/mol. The quantitative estimate of drug-likeness (QED) is 0.300. The van der Waals surface area contributed by atoms with Crippen LogP contribution in [0, 0.1) is 11.3 Å². The van der Waals surface area contributed by atoms with Gasteiger partial charge < -0.3 is 0 Å². The number of carboxylic acids is 1. The third kappa shape index (κ3) is 5.51. The number of hydrogen-bond acceptors (Lipinski definition) is 5. The Bertz CT molecular complexity index is 1560. The van der Waals surface area contributed by atoms with Crippen LogP contribution in [0.3, 0.4) is 0 Å². The molecule has 34 heavy (non-hydrogen) atoms. The first-order valence-electron chi connectivity index (χ1n) is 9.90. The van der Waals surface area contributed by atoms with Gasteiger partial charge in [-0.1, -0.05) is 0 Å². The Labute approximate surface area is 208 Å². The number of nitriles is 1. The van der Waals surface area contributed by atoms with E-state index in [-0.39, 0.29) is 21.5 Å². The van der Waals surface area contributed by atoms with Crippen LogP contribution < -0.4 is 8.70 Å². The second-order valence-corrected chi connectivity index (χ2v) is 16.9. The van der Waals surface area contributed by atoms with Gasteiger partial charge >= 0.3 is 209 Å². The molecule has 0 aliphatic heterocycles. The number of aromatic carboxylic acids is 1. The first kappa shape index (κ1) is 24.0. The van der Waals surface area contributed by atoms with Crippen LogP contribution in [-0.4, -0.2) is 59.4 Å². The number of rotatable bonds is 8. The van der Waals surface area contributed by atoms with Crippen molar-refractivity contribution in [2.45, 2.75) is 5.75 Å². The maximum atomic E-state index is 13.0. The number of carbonyl (C=O) groups excluding carboxylic acids is 1. The molecule has 168 valence electrons. The predicted molar refractivity (Wildman–Crippen MR) is 131 cm³/mol. The van der Waals surface area contributed by atoms with E-state index in [1.165, 1.54) is 18.2 Å². The van der Waals surface area contributed by atoms with Gasteiger partial charge in [-0.3, -0.25) is 0 Å². The number of hydrogen-bond donors (Lipinski definition) is 2. The minimum atomic E-state index is -3.36. The number of carboxylic acid groups (broad SMARTS) is 1. The van der Waals surface area contributed by atoms with Crippen molar-refractivity contribution in [3.63, 3.8) is 0 Å². The van der Waals surface area contributed by atoms with Crippen LogP contribution in [0.4, 0.5) is 0 Å². The van der Waals surface area contributed by atoms with Gasteiger partial charge in [0.2, 0.25) is 0 Å². The van der Waals surface area contributed by atoms with Crippen molar-refractivity contribution in [2.75, 3.05) is 0 Å². The maximum absolute atomic E-state index is 13.0. The summed E-state index contributed by atoms with van der Waals surface area (Å²) in [4.78, 5) is 27.7. The summed E-state index contributed by atoms with van der Waals surface area (Å²) in [6.45, 7) is 0. The third-order valence-electron chi connectivity index (χ3n) is 4.87. The first-order valence-corrected chi connectivity index (χ1v) is 16.6. The van der Waals surface area contributed by atoms with Crippen molar-refractivity contribution in [2.24, 2.45) is 0 Å². The fourth-order valence-electron chi connectivity index (χ4n) is 3.34. The van der Waals surface area contributed by atoms with Crippen molar-refractivity contribution >= 4 is 68.6 Å². The van der Waals surface area contributed by atoms with E-state index in [2.05, 4.69) is 4.98 Å². The van der Waals surface area contributed by atoms with E-state index in [0.29, 0.717) is 19.9 Å². The molecule has 0 aliphatic carbocycles. The topological polar surface area (TPSA) is 128 Å².